The van der Waals surface area contributed by atoms with Crippen LogP contribution in [0, 0.1) is 5.41 Å². The summed E-state index contributed by atoms with van der Waals surface area (Å²) in [6.07, 6.45) is 0.754. The fourth-order valence-corrected chi connectivity index (χ4v) is 2.04. The lowest BCUT2D eigenvalue weighted by atomic mass is 10.1. The van der Waals surface area contributed by atoms with Crippen molar-refractivity contribution in [2.45, 2.75) is 18.9 Å². The molecule has 0 saturated carbocycles. The molecule has 1 rings (SSSR count). The van der Waals surface area contributed by atoms with Crippen LogP contribution in [0.1, 0.15) is 23.2 Å². The first-order chi connectivity index (χ1) is 12.3. The van der Waals surface area contributed by atoms with E-state index in [1.165, 1.54) is 31.4 Å². The summed E-state index contributed by atoms with van der Waals surface area (Å²) in [6, 6.07) is 4.69. The highest BCUT2D eigenvalue weighted by molar-refractivity contribution is 5.97. The lowest BCUT2D eigenvalue weighted by Gasteiger charge is -2.17. The molecule has 1 aromatic carbocycles. The van der Waals surface area contributed by atoms with Gasteiger partial charge in [0.15, 0.2) is 5.96 Å². The van der Waals surface area contributed by atoms with E-state index in [2.05, 4.69) is 20.7 Å². The summed E-state index contributed by atoms with van der Waals surface area (Å²) in [5.41, 5.74) is 5.44. The Hall–Kier alpha value is -3.30. The maximum atomic E-state index is 12.0. The number of ether oxygens (including phenoxy) is 1. The van der Waals surface area contributed by atoms with Crippen molar-refractivity contribution < 1.29 is 24.2 Å². The Bertz CT molecular complexity index is 647. The smallest absolute Gasteiger partial charge is 0.328 e. The Labute approximate surface area is 150 Å². The Morgan fingerprint density at radius 3 is 2.46 bits per heavy atom. The number of amides is 2. The first-order valence-corrected chi connectivity index (χ1v) is 7.85. The summed E-state index contributed by atoms with van der Waals surface area (Å²) < 4.78 is 4.65. The average Bonchev–Trinajstić information content (AvgIpc) is 2.61. The van der Waals surface area contributed by atoms with E-state index in [9.17, 15) is 19.5 Å². The molecule has 0 aliphatic rings. The van der Waals surface area contributed by atoms with Crippen LogP contribution in [0.5, 0.6) is 5.75 Å². The first kappa shape index (κ1) is 20.7. The minimum absolute atomic E-state index is 0.0273. The van der Waals surface area contributed by atoms with Gasteiger partial charge in [-0.2, -0.15) is 0 Å². The number of benzene rings is 1. The molecule has 0 aliphatic carbocycles. The van der Waals surface area contributed by atoms with Crippen molar-refractivity contribution >= 4 is 23.7 Å². The molecule has 10 heteroatoms. The van der Waals surface area contributed by atoms with Gasteiger partial charge in [-0.3, -0.25) is 15.0 Å². The van der Waals surface area contributed by atoms with Crippen LogP contribution in [0.2, 0.25) is 0 Å². The molecule has 0 spiro atoms. The number of esters is 1. The molecule has 10 nitrogen and oxygen atoms in total. The second kappa shape index (κ2) is 10.5. The third-order valence-electron chi connectivity index (χ3n) is 3.34. The first-order valence-electron chi connectivity index (χ1n) is 7.85. The molecule has 2 amide bonds. The Morgan fingerprint density at radius 2 is 1.88 bits per heavy atom. The summed E-state index contributed by atoms with van der Waals surface area (Å²) >= 11 is 0. The van der Waals surface area contributed by atoms with Gasteiger partial charge in [0.1, 0.15) is 11.8 Å². The maximum Gasteiger partial charge on any atom is 0.328 e. The number of phenolic OH excluding ortho intramolecular Hbond substituents is 1. The summed E-state index contributed by atoms with van der Waals surface area (Å²) in [6.45, 7) is 0.0508. The number of phenols is 1. The van der Waals surface area contributed by atoms with Gasteiger partial charge in [0.2, 0.25) is 5.91 Å². The molecular weight excluding hydrogens is 342 g/mol. The monoisotopic (exact) mass is 365 g/mol. The third-order valence-corrected chi connectivity index (χ3v) is 3.34. The molecule has 26 heavy (non-hydrogen) atoms. The van der Waals surface area contributed by atoms with Gasteiger partial charge < -0.3 is 31.5 Å². The van der Waals surface area contributed by atoms with Crippen molar-refractivity contribution in [3.8, 4) is 5.75 Å². The molecular formula is C16H23N5O5. The van der Waals surface area contributed by atoms with Crippen LogP contribution in [0.4, 0.5) is 0 Å². The number of carbonyl (C=O) groups is 3. The summed E-state index contributed by atoms with van der Waals surface area (Å²) in [4.78, 5) is 35.6. The van der Waals surface area contributed by atoms with E-state index in [0.29, 0.717) is 13.0 Å². The number of carbonyl (C=O) groups excluding carboxylic acids is 3. The number of methoxy groups -OCH3 is 1. The molecule has 142 valence electrons. The summed E-state index contributed by atoms with van der Waals surface area (Å²) in [7, 11) is 1.21. The minimum atomic E-state index is -0.869. The molecule has 0 aromatic heterocycles. The number of nitrogens with two attached hydrogens (primary N) is 1. The molecule has 0 heterocycles. The number of guanidine groups is 1. The minimum Gasteiger partial charge on any atom is -0.508 e. The van der Waals surface area contributed by atoms with Gasteiger partial charge >= 0.3 is 5.97 Å². The van der Waals surface area contributed by atoms with Crippen LogP contribution < -0.4 is 21.7 Å². The van der Waals surface area contributed by atoms with Crippen LogP contribution in [-0.4, -0.2) is 55.1 Å². The van der Waals surface area contributed by atoms with Crippen LogP contribution >= 0.6 is 0 Å². The Kier molecular flexibility index (Phi) is 8.41. The zero-order valence-electron chi connectivity index (χ0n) is 14.4. The predicted molar refractivity (Wildman–Crippen MR) is 93.5 cm³/mol. The molecule has 1 aromatic rings. The molecule has 7 N–H and O–H groups in total. The van der Waals surface area contributed by atoms with Crippen LogP contribution in [0.15, 0.2) is 24.3 Å². The van der Waals surface area contributed by atoms with Crippen molar-refractivity contribution in [3.63, 3.8) is 0 Å². The standard InChI is InChI=1S/C16H23N5O5/c1-26-15(25)12(3-2-8-19-16(17)18)21-13(23)9-20-14(24)10-4-6-11(22)7-5-10/h4-7,12,22H,2-3,8-9H2,1H3,(H,20,24)(H,21,23)(H4,17,18,19). The highest BCUT2D eigenvalue weighted by Crippen LogP contribution is 2.09. The lowest BCUT2D eigenvalue weighted by Crippen LogP contribution is -2.46. The average molecular weight is 365 g/mol. The van der Waals surface area contributed by atoms with Crippen LogP contribution in [0.25, 0.3) is 0 Å². The molecule has 1 atom stereocenters. The topological polar surface area (TPSA) is 167 Å². The largest absolute Gasteiger partial charge is 0.508 e. The fourth-order valence-electron chi connectivity index (χ4n) is 2.04. The van der Waals surface area contributed by atoms with Gasteiger partial charge in [-0.25, -0.2) is 4.79 Å². The van der Waals surface area contributed by atoms with Gasteiger partial charge in [0, 0.05) is 12.1 Å². The van der Waals surface area contributed by atoms with Gasteiger partial charge in [-0.05, 0) is 37.1 Å². The maximum absolute atomic E-state index is 12.0. The van der Waals surface area contributed by atoms with E-state index in [1.807, 2.05) is 0 Å². The lowest BCUT2D eigenvalue weighted by molar-refractivity contribution is -0.145. The van der Waals surface area contributed by atoms with E-state index in [0.717, 1.165) is 0 Å². The van der Waals surface area contributed by atoms with Gasteiger partial charge in [0.25, 0.3) is 5.91 Å². The molecule has 0 saturated heterocycles. The number of hydrogen-bond donors (Lipinski definition) is 6. The van der Waals surface area contributed by atoms with Gasteiger partial charge in [-0.15, -0.1) is 0 Å². The van der Waals surface area contributed by atoms with E-state index >= 15 is 0 Å². The molecule has 0 radical (unpaired) electrons. The Balaban J connectivity index is 2.47. The highest BCUT2D eigenvalue weighted by atomic mass is 16.5. The van der Waals surface area contributed by atoms with Crippen molar-refractivity contribution in [2.24, 2.45) is 5.73 Å². The van der Waals surface area contributed by atoms with E-state index in [4.69, 9.17) is 11.1 Å². The fraction of sp³-hybridized carbons (Fsp3) is 0.375. The molecule has 0 bridgehead atoms. The van der Waals surface area contributed by atoms with Crippen molar-refractivity contribution in [1.82, 2.24) is 16.0 Å². The van der Waals surface area contributed by atoms with Crippen molar-refractivity contribution in [3.05, 3.63) is 29.8 Å². The van der Waals surface area contributed by atoms with E-state index in [-0.39, 0.29) is 30.2 Å². The van der Waals surface area contributed by atoms with E-state index < -0.39 is 23.8 Å². The number of hydrogen-bond acceptors (Lipinski definition) is 6. The summed E-state index contributed by atoms with van der Waals surface area (Å²) in [5, 5.41) is 23.7. The summed E-state index contributed by atoms with van der Waals surface area (Å²) in [5.74, 6) is -1.79. The van der Waals surface area contributed by atoms with E-state index in [1.54, 1.807) is 0 Å². The molecule has 1 unspecified atom stereocenters. The second-order valence-electron chi connectivity index (χ2n) is 5.36. The third kappa shape index (κ3) is 7.51. The Morgan fingerprint density at radius 1 is 1.23 bits per heavy atom. The predicted octanol–water partition coefficient (Wildman–Crippen LogP) is -0.957. The number of aromatic hydroxyl groups is 1. The molecule has 0 fully saturated rings. The second-order valence-corrected chi connectivity index (χ2v) is 5.36. The van der Waals surface area contributed by atoms with Gasteiger partial charge in [0.05, 0.1) is 13.7 Å². The molecule has 0 aliphatic heterocycles. The van der Waals surface area contributed by atoms with Crippen LogP contribution in [0.3, 0.4) is 0 Å². The highest BCUT2D eigenvalue weighted by Gasteiger charge is 2.21. The quantitative estimate of drug-likeness (QED) is 0.142. The zero-order chi connectivity index (χ0) is 19.5. The van der Waals surface area contributed by atoms with Crippen molar-refractivity contribution in [2.75, 3.05) is 20.2 Å². The SMILES string of the molecule is COC(=O)C(CCCNC(=N)N)NC(=O)CNC(=O)c1ccc(O)cc1. The number of rotatable bonds is 9. The zero-order valence-corrected chi connectivity index (χ0v) is 14.4. The normalized spacial score (nSPS) is 11.1. The van der Waals surface area contributed by atoms with Gasteiger partial charge in [-0.1, -0.05) is 0 Å². The van der Waals surface area contributed by atoms with Crippen molar-refractivity contribution in [1.29, 1.82) is 5.41 Å². The van der Waals surface area contributed by atoms with Crippen LogP contribution in [-0.2, 0) is 14.3 Å². The number of nitrogens with one attached hydrogen (secondary N) is 4.